The number of nitrogens with zero attached hydrogens (tertiary/aromatic N) is 3. The molecule has 0 saturated carbocycles. The minimum atomic E-state index is -0.416. The summed E-state index contributed by atoms with van der Waals surface area (Å²) in [6.45, 7) is 0. The fourth-order valence-corrected chi connectivity index (χ4v) is 1.10. The third kappa shape index (κ3) is 1.44. The Morgan fingerprint density at radius 3 is 2.93 bits per heavy atom. The molecule has 0 atom stereocenters. The summed E-state index contributed by atoms with van der Waals surface area (Å²) in [4.78, 5) is 3.89. The molecule has 0 aromatic carbocycles. The number of rotatable bonds is 2. The number of hydrogen-bond acceptors (Lipinski definition) is 3. The minimum absolute atomic E-state index is 0.249. The van der Waals surface area contributed by atoms with Gasteiger partial charge in [0, 0.05) is 18.5 Å². The first-order valence-corrected chi connectivity index (χ1v) is 4.01. The van der Waals surface area contributed by atoms with Gasteiger partial charge in [0.2, 0.25) is 5.88 Å². The average Bonchev–Trinajstić information content (AvgIpc) is 2.70. The summed E-state index contributed by atoms with van der Waals surface area (Å²) in [7, 11) is 1.44. The summed E-state index contributed by atoms with van der Waals surface area (Å²) in [5.41, 5.74) is 0.302. The van der Waals surface area contributed by atoms with Crippen LogP contribution in [0.4, 0.5) is 4.39 Å². The van der Waals surface area contributed by atoms with Crippen LogP contribution in [-0.4, -0.2) is 21.9 Å². The Labute approximate surface area is 80.0 Å². The maximum absolute atomic E-state index is 13.4. The Kier molecular flexibility index (Phi) is 2.14. The Bertz CT molecular complexity index is 428. The topological polar surface area (TPSA) is 39.9 Å². The Morgan fingerprint density at radius 2 is 2.36 bits per heavy atom. The highest BCUT2D eigenvalue weighted by Gasteiger charge is 2.06. The molecule has 0 bridgehead atoms. The fraction of sp³-hybridized carbons (Fsp3) is 0.111. The maximum Gasteiger partial charge on any atom is 0.216 e. The van der Waals surface area contributed by atoms with Crippen LogP contribution in [0.1, 0.15) is 0 Å². The van der Waals surface area contributed by atoms with Gasteiger partial charge in [0.25, 0.3) is 0 Å². The second kappa shape index (κ2) is 3.45. The van der Waals surface area contributed by atoms with Gasteiger partial charge >= 0.3 is 0 Å². The third-order valence-electron chi connectivity index (χ3n) is 1.77. The number of aromatic nitrogens is 3. The van der Waals surface area contributed by atoms with Gasteiger partial charge in [0.1, 0.15) is 5.69 Å². The zero-order valence-corrected chi connectivity index (χ0v) is 7.51. The lowest BCUT2D eigenvalue weighted by atomic mass is 10.4. The lowest BCUT2D eigenvalue weighted by Gasteiger charge is -2.03. The van der Waals surface area contributed by atoms with Crippen molar-refractivity contribution in [3.05, 3.63) is 36.5 Å². The summed E-state index contributed by atoms with van der Waals surface area (Å²) >= 11 is 0. The fourth-order valence-electron chi connectivity index (χ4n) is 1.10. The summed E-state index contributed by atoms with van der Waals surface area (Å²) in [5, 5.41) is 3.90. The Balaban J connectivity index is 2.46. The standard InChI is InChI=1S/C9H8FN3O/c1-14-9-5-7(10)8(6-11-9)13-4-2-3-12-13/h2-6H,1H3. The Morgan fingerprint density at radius 1 is 1.50 bits per heavy atom. The zero-order chi connectivity index (χ0) is 9.97. The molecule has 2 aromatic heterocycles. The summed E-state index contributed by atoms with van der Waals surface area (Å²) in [5.74, 6) is -0.168. The summed E-state index contributed by atoms with van der Waals surface area (Å²) in [6.07, 6.45) is 4.59. The predicted molar refractivity (Wildman–Crippen MR) is 47.9 cm³/mol. The van der Waals surface area contributed by atoms with Gasteiger partial charge < -0.3 is 4.74 Å². The van der Waals surface area contributed by atoms with Crippen LogP contribution in [0.3, 0.4) is 0 Å². The molecule has 0 spiro atoms. The quantitative estimate of drug-likeness (QED) is 0.724. The molecule has 2 aromatic rings. The van der Waals surface area contributed by atoms with E-state index in [-0.39, 0.29) is 5.88 Å². The van der Waals surface area contributed by atoms with E-state index >= 15 is 0 Å². The molecular formula is C9H8FN3O. The van der Waals surface area contributed by atoms with Crippen LogP contribution in [0.15, 0.2) is 30.7 Å². The number of methoxy groups -OCH3 is 1. The molecule has 2 rings (SSSR count). The molecule has 14 heavy (non-hydrogen) atoms. The van der Waals surface area contributed by atoms with Crippen LogP contribution in [-0.2, 0) is 0 Å². The summed E-state index contributed by atoms with van der Waals surface area (Å²) in [6, 6.07) is 2.93. The van der Waals surface area contributed by atoms with Crippen molar-refractivity contribution in [1.82, 2.24) is 14.8 Å². The molecule has 0 aliphatic heterocycles. The van der Waals surface area contributed by atoms with Crippen molar-refractivity contribution in [3.8, 4) is 11.6 Å². The molecule has 0 unspecified atom stereocenters. The third-order valence-corrected chi connectivity index (χ3v) is 1.77. The van der Waals surface area contributed by atoms with Gasteiger partial charge in [0.05, 0.1) is 13.3 Å². The monoisotopic (exact) mass is 193 g/mol. The first kappa shape index (κ1) is 8.68. The maximum atomic E-state index is 13.4. The van der Waals surface area contributed by atoms with Crippen LogP contribution < -0.4 is 4.74 Å². The zero-order valence-electron chi connectivity index (χ0n) is 7.51. The molecular weight excluding hydrogens is 185 g/mol. The molecule has 0 fully saturated rings. The van der Waals surface area contributed by atoms with E-state index in [1.807, 2.05) is 0 Å². The molecule has 4 nitrogen and oxygen atoms in total. The molecule has 0 saturated heterocycles. The van der Waals surface area contributed by atoms with E-state index in [0.717, 1.165) is 0 Å². The average molecular weight is 193 g/mol. The van der Waals surface area contributed by atoms with Crippen LogP contribution in [0.2, 0.25) is 0 Å². The highest BCUT2D eigenvalue weighted by molar-refractivity contribution is 5.32. The minimum Gasteiger partial charge on any atom is -0.481 e. The van der Waals surface area contributed by atoms with Gasteiger partial charge in [-0.05, 0) is 6.07 Å². The van der Waals surface area contributed by atoms with E-state index in [4.69, 9.17) is 4.74 Å². The largest absolute Gasteiger partial charge is 0.481 e. The molecule has 2 heterocycles. The van der Waals surface area contributed by atoms with Gasteiger partial charge in [-0.2, -0.15) is 5.10 Å². The van der Waals surface area contributed by atoms with Crippen molar-refractivity contribution in [2.75, 3.05) is 7.11 Å². The van der Waals surface area contributed by atoms with Crippen LogP contribution in [0, 0.1) is 5.82 Å². The Hall–Kier alpha value is -1.91. The molecule has 0 aliphatic rings. The van der Waals surface area contributed by atoms with Crippen molar-refractivity contribution >= 4 is 0 Å². The van der Waals surface area contributed by atoms with E-state index in [1.165, 1.54) is 24.1 Å². The molecule has 0 radical (unpaired) electrons. The molecule has 0 N–H and O–H groups in total. The van der Waals surface area contributed by atoms with Crippen molar-refractivity contribution in [3.63, 3.8) is 0 Å². The highest BCUT2D eigenvalue weighted by Crippen LogP contribution is 2.15. The van der Waals surface area contributed by atoms with Crippen molar-refractivity contribution in [1.29, 1.82) is 0 Å². The van der Waals surface area contributed by atoms with E-state index in [0.29, 0.717) is 5.69 Å². The van der Waals surface area contributed by atoms with Crippen molar-refractivity contribution in [2.45, 2.75) is 0 Å². The number of pyridine rings is 1. The van der Waals surface area contributed by atoms with Crippen molar-refractivity contribution in [2.24, 2.45) is 0 Å². The van der Waals surface area contributed by atoms with E-state index in [2.05, 4.69) is 10.1 Å². The van der Waals surface area contributed by atoms with Gasteiger partial charge in [-0.25, -0.2) is 14.1 Å². The van der Waals surface area contributed by atoms with Crippen LogP contribution >= 0.6 is 0 Å². The second-order valence-corrected chi connectivity index (χ2v) is 2.63. The molecule has 0 aliphatic carbocycles. The smallest absolute Gasteiger partial charge is 0.216 e. The lowest BCUT2D eigenvalue weighted by molar-refractivity contribution is 0.393. The molecule has 0 amide bonds. The normalized spacial score (nSPS) is 10.1. The van der Waals surface area contributed by atoms with Crippen LogP contribution in [0.25, 0.3) is 5.69 Å². The van der Waals surface area contributed by atoms with Gasteiger partial charge in [0.15, 0.2) is 5.82 Å². The lowest BCUT2D eigenvalue weighted by Crippen LogP contribution is -2.00. The van der Waals surface area contributed by atoms with E-state index < -0.39 is 5.82 Å². The first-order chi connectivity index (χ1) is 6.81. The predicted octanol–water partition coefficient (Wildman–Crippen LogP) is 1.42. The number of ether oxygens (including phenoxy) is 1. The number of halogens is 1. The first-order valence-electron chi connectivity index (χ1n) is 4.01. The van der Waals surface area contributed by atoms with Gasteiger partial charge in [-0.3, -0.25) is 0 Å². The van der Waals surface area contributed by atoms with Crippen molar-refractivity contribution < 1.29 is 9.13 Å². The molecule has 5 heteroatoms. The second-order valence-electron chi connectivity index (χ2n) is 2.63. The summed E-state index contributed by atoms with van der Waals surface area (Å²) < 4.78 is 19.6. The molecule has 72 valence electrons. The van der Waals surface area contributed by atoms with E-state index in [9.17, 15) is 4.39 Å². The van der Waals surface area contributed by atoms with Gasteiger partial charge in [-0.15, -0.1) is 0 Å². The number of hydrogen-bond donors (Lipinski definition) is 0. The van der Waals surface area contributed by atoms with Crippen LogP contribution in [0.5, 0.6) is 5.88 Å². The SMILES string of the molecule is COc1cc(F)c(-n2cccn2)cn1. The van der Waals surface area contributed by atoms with E-state index in [1.54, 1.807) is 18.5 Å². The van der Waals surface area contributed by atoms with Gasteiger partial charge in [-0.1, -0.05) is 0 Å². The highest BCUT2D eigenvalue weighted by atomic mass is 19.1.